The Morgan fingerprint density at radius 1 is 0.528 bits per heavy atom. The Balaban J connectivity index is 2.29. The summed E-state index contributed by atoms with van der Waals surface area (Å²) in [6, 6.07) is 0.622. The zero-order chi connectivity index (χ0) is 26.1. The van der Waals surface area contributed by atoms with Crippen LogP contribution in [0.1, 0.15) is 206 Å². The van der Waals surface area contributed by atoms with Crippen LogP contribution in [0.3, 0.4) is 0 Å². The molecule has 1 rings (SSSR count). The molecule has 0 radical (unpaired) electrons. The van der Waals surface area contributed by atoms with E-state index in [1.54, 1.807) is 0 Å². The van der Waals surface area contributed by atoms with Gasteiger partial charge >= 0.3 is 0 Å². The van der Waals surface area contributed by atoms with Gasteiger partial charge in [0.05, 0.1) is 12.0 Å². The van der Waals surface area contributed by atoms with Gasteiger partial charge in [-0.05, 0) is 32.6 Å². The maximum atomic E-state index is 3.68. The van der Waals surface area contributed by atoms with E-state index in [4.69, 9.17) is 0 Å². The Morgan fingerprint density at radius 2 is 0.917 bits per heavy atom. The lowest BCUT2D eigenvalue weighted by Gasteiger charge is -2.17. The Bertz CT molecular complexity index is 563. The largest absolute Gasteiger partial charge is 0.257 e. The maximum absolute atomic E-state index is 3.68. The van der Waals surface area contributed by atoms with Crippen molar-refractivity contribution < 1.29 is 4.57 Å². The molecule has 0 aliphatic heterocycles. The molecule has 2 atom stereocenters. The lowest BCUT2D eigenvalue weighted by atomic mass is 9.93. The summed E-state index contributed by atoms with van der Waals surface area (Å²) in [6.07, 6.45) is 39.8. The molecule has 0 aliphatic rings. The number of nitrogens with zero attached hydrogens (tertiary/aromatic N) is 1. The summed E-state index contributed by atoms with van der Waals surface area (Å²) in [5.74, 6) is 2.23. The van der Waals surface area contributed by atoms with Gasteiger partial charge in [0.2, 0.25) is 0 Å². The molecule has 1 heterocycles. The normalized spacial score (nSPS) is 13.3. The van der Waals surface area contributed by atoms with Gasteiger partial charge in [-0.2, -0.15) is 0 Å². The first kappa shape index (κ1) is 33.2. The van der Waals surface area contributed by atoms with Crippen LogP contribution in [0.4, 0.5) is 0 Å². The van der Waals surface area contributed by atoms with Crippen molar-refractivity contribution in [1.29, 1.82) is 0 Å². The summed E-state index contributed by atoms with van der Waals surface area (Å²) in [6.45, 7) is 9.40. The van der Waals surface area contributed by atoms with E-state index in [1.807, 2.05) is 0 Å². The van der Waals surface area contributed by atoms with Crippen LogP contribution < -0.4 is 4.57 Å². The van der Waals surface area contributed by atoms with Gasteiger partial charge in [0.15, 0.2) is 0 Å². The lowest BCUT2D eigenvalue weighted by molar-refractivity contribution is -0.727. The molecular weight excluding hydrogens is 436 g/mol. The highest BCUT2D eigenvalue weighted by Gasteiger charge is 2.25. The predicted octanol–water partition coefficient (Wildman–Crippen LogP) is 11.8. The van der Waals surface area contributed by atoms with Crippen LogP contribution in [0.15, 0.2) is 12.4 Å². The second kappa shape index (κ2) is 24.5. The molecule has 2 heteroatoms. The average Bonchev–Trinajstić information content (AvgIpc) is 3.38. The van der Waals surface area contributed by atoms with E-state index < -0.39 is 0 Å². The zero-order valence-electron chi connectivity index (χ0n) is 25.4. The molecule has 36 heavy (non-hydrogen) atoms. The molecular formula is C34H67N2+. The van der Waals surface area contributed by atoms with Gasteiger partial charge in [0.1, 0.15) is 12.4 Å². The fourth-order valence-corrected chi connectivity index (χ4v) is 5.88. The predicted molar refractivity (Wildman–Crippen MR) is 161 cm³/mol. The molecule has 1 aromatic heterocycles. The third-order valence-electron chi connectivity index (χ3n) is 8.39. The molecule has 212 valence electrons. The van der Waals surface area contributed by atoms with Crippen LogP contribution in [0.2, 0.25) is 0 Å². The average molecular weight is 504 g/mol. The Labute approximate surface area is 227 Å². The molecule has 0 saturated carbocycles. The van der Waals surface area contributed by atoms with Crippen molar-refractivity contribution >= 4 is 0 Å². The molecule has 2 nitrogen and oxygen atoms in total. The maximum Gasteiger partial charge on any atom is 0.257 e. The Kier molecular flexibility index (Phi) is 22.7. The van der Waals surface area contributed by atoms with Gasteiger partial charge in [0.25, 0.3) is 5.82 Å². The van der Waals surface area contributed by atoms with E-state index in [1.165, 1.54) is 166 Å². The quantitative estimate of drug-likeness (QED) is 0.0909. The number of rotatable bonds is 27. The molecule has 0 bridgehead atoms. The lowest BCUT2D eigenvalue weighted by Crippen LogP contribution is -2.41. The highest BCUT2D eigenvalue weighted by atomic mass is 15.1. The van der Waals surface area contributed by atoms with Crippen molar-refractivity contribution in [2.45, 2.75) is 200 Å². The molecule has 0 aromatic carbocycles. The van der Waals surface area contributed by atoms with Crippen molar-refractivity contribution in [3.63, 3.8) is 0 Å². The van der Waals surface area contributed by atoms with E-state index in [0.717, 1.165) is 0 Å². The van der Waals surface area contributed by atoms with Gasteiger partial charge in [-0.1, -0.05) is 156 Å². The molecule has 0 fully saturated rings. The molecule has 0 amide bonds. The van der Waals surface area contributed by atoms with E-state index in [0.29, 0.717) is 12.0 Å². The van der Waals surface area contributed by atoms with Gasteiger partial charge in [-0.25, -0.2) is 9.55 Å². The van der Waals surface area contributed by atoms with Crippen molar-refractivity contribution in [3.8, 4) is 0 Å². The molecule has 1 aromatic rings. The highest BCUT2D eigenvalue weighted by molar-refractivity contribution is 4.90. The Hall–Kier alpha value is -0.790. The number of unbranched alkanes of at least 4 members (excludes halogenated alkanes) is 19. The third kappa shape index (κ3) is 16.9. The van der Waals surface area contributed by atoms with Crippen LogP contribution in [-0.4, -0.2) is 4.98 Å². The van der Waals surface area contributed by atoms with E-state index in [2.05, 4.69) is 49.6 Å². The number of aromatic amines is 1. The van der Waals surface area contributed by atoms with Crippen molar-refractivity contribution in [2.24, 2.45) is 0 Å². The second-order valence-corrected chi connectivity index (χ2v) is 11.9. The van der Waals surface area contributed by atoms with Crippen LogP contribution >= 0.6 is 0 Å². The van der Waals surface area contributed by atoms with Crippen LogP contribution in [0.5, 0.6) is 0 Å². The minimum atomic E-state index is 0.622. The van der Waals surface area contributed by atoms with Gasteiger partial charge in [-0.15, -0.1) is 0 Å². The van der Waals surface area contributed by atoms with Crippen molar-refractivity contribution in [3.05, 3.63) is 18.2 Å². The molecule has 0 aliphatic carbocycles. The number of imidazole rings is 1. The summed E-state index contributed by atoms with van der Waals surface area (Å²) in [5.41, 5.74) is 0. The minimum absolute atomic E-state index is 0.622. The monoisotopic (exact) mass is 504 g/mol. The summed E-state index contributed by atoms with van der Waals surface area (Å²) >= 11 is 0. The topological polar surface area (TPSA) is 19.7 Å². The molecule has 2 unspecified atom stereocenters. The SMILES string of the molecule is CCCCCCCCCCCCCC(CCCC)c1[nH]cc[n+]1C(C)CCCCCCCCCCC. The van der Waals surface area contributed by atoms with Gasteiger partial charge in [-0.3, -0.25) is 0 Å². The molecule has 1 N–H and O–H groups in total. The number of H-pyrrole nitrogens is 1. The van der Waals surface area contributed by atoms with Crippen molar-refractivity contribution in [2.75, 3.05) is 0 Å². The van der Waals surface area contributed by atoms with E-state index in [9.17, 15) is 0 Å². The van der Waals surface area contributed by atoms with E-state index >= 15 is 0 Å². The summed E-state index contributed by atoms with van der Waals surface area (Å²) in [4.78, 5) is 3.68. The van der Waals surface area contributed by atoms with Crippen LogP contribution in [-0.2, 0) is 0 Å². The van der Waals surface area contributed by atoms with Crippen LogP contribution in [0.25, 0.3) is 0 Å². The zero-order valence-corrected chi connectivity index (χ0v) is 25.4. The van der Waals surface area contributed by atoms with Gasteiger partial charge < -0.3 is 0 Å². The van der Waals surface area contributed by atoms with Gasteiger partial charge in [0, 0.05) is 0 Å². The Morgan fingerprint density at radius 3 is 1.39 bits per heavy atom. The number of hydrogen-bond acceptors (Lipinski definition) is 0. The molecule has 0 saturated heterocycles. The fourth-order valence-electron chi connectivity index (χ4n) is 5.88. The fraction of sp³-hybridized carbons (Fsp3) is 0.912. The first-order valence-electron chi connectivity index (χ1n) is 16.8. The minimum Gasteiger partial charge on any atom is -0.247 e. The highest BCUT2D eigenvalue weighted by Crippen LogP contribution is 2.26. The number of hydrogen-bond donors (Lipinski definition) is 1. The first-order chi connectivity index (χ1) is 17.7. The molecule has 0 spiro atoms. The number of nitrogens with one attached hydrogen (secondary N) is 1. The van der Waals surface area contributed by atoms with E-state index in [-0.39, 0.29) is 0 Å². The summed E-state index contributed by atoms with van der Waals surface area (Å²) < 4.78 is 2.60. The second-order valence-electron chi connectivity index (χ2n) is 11.9. The van der Waals surface area contributed by atoms with Crippen LogP contribution in [0, 0.1) is 0 Å². The third-order valence-corrected chi connectivity index (χ3v) is 8.39. The summed E-state index contributed by atoms with van der Waals surface area (Å²) in [7, 11) is 0. The first-order valence-corrected chi connectivity index (χ1v) is 16.8. The van der Waals surface area contributed by atoms with Crippen molar-refractivity contribution in [1.82, 2.24) is 4.98 Å². The number of aromatic nitrogens is 2. The summed E-state index contributed by atoms with van der Waals surface area (Å²) in [5, 5.41) is 0. The smallest absolute Gasteiger partial charge is 0.247 e. The standard InChI is InChI=1S/C34H66N2/c1-5-8-11-13-15-17-18-20-22-24-26-29-33(28-10-7-3)34-35-30-31-36(34)32(4)27-25-23-21-19-16-14-12-9-6-2/h30-33H,5-29H2,1-4H3/p+1.